The second-order valence-corrected chi connectivity index (χ2v) is 6.49. The first kappa shape index (κ1) is 19.5. The Morgan fingerprint density at radius 3 is 2.43 bits per heavy atom. The van der Waals surface area contributed by atoms with E-state index in [-0.39, 0.29) is 23.7 Å². The fourth-order valence-electron chi connectivity index (χ4n) is 2.82. The summed E-state index contributed by atoms with van der Waals surface area (Å²) in [7, 11) is 0. The lowest BCUT2D eigenvalue weighted by molar-refractivity contribution is -0.116. The minimum absolute atomic E-state index is 0.105. The monoisotopic (exact) mass is 379 g/mol. The summed E-state index contributed by atoms with van der Waals surface area (Å²) in [4.78, 5) is 24.1. The number of nitrogens with zero attached hydrogens (tertiary/aromatic N) is 2. The minimum atomic E-state index is -0.326. The molecule has 0 fully saturated rings. The molecule has 1 heterocycles. The Morgan fingerprint density at radius 2 is 1.75 bits per heavy atom. The van der Waals surface area contributed by atoms with Crippen LogP contribution < -0.4 is 10.9 Å². The van der Waals surface area contributed by atoms with Crippen molar-refractivity contribution in [3.8, 4) is 11.3 Å². The number of benzene rings is 2. The normalized spacial score (nSPS) is 10.6. The molecule has 0 saturated carbocycles. The first-order valence-corrected chi connectivity index (χ1v) is 9.28. The van der Waals surface area contributed by atoms with E-state index in [2.05, 4.69) is 17.3 Å². The van der Waals surface area contributed by atoms with Crippen LogP contribution in [0.2, 0.25) is 0 Å². The van der Waals surface area contributed by atoms with Crippen molar-refractivity contribution in [2.24, 2.45) is 0 Å². The second-order valence-electron chi connectivity index (χ2n) is 6.49. The van der Waals surface area contributed by atoms with E-state index in [0.29, 0.717) is 18.7 Å². The third-order valence-electron chi connectivity index (χ3n) is 4.43. The van der Waals surface area contributed by atoms with Crippen LogP contribution in [0.1, 0.15) is 25.3 Å². The van der Waals surface area contributed by atoms with Gasteiger partial charge in [-0.15, -0.1) is 0 Å². The average molecular weight is 379 g/mol. The highest BCUT2D eigenvalue weighted by molar-refractivity contribution is 5.90. The van der Waals surface area contributed by atoms with Crippen molar-refractivity contribution in [2.75, 3.05) is 5.32 Å². The Labute approximate surface area is 162 Å². The van der Waals surface area contributed by atoms with Crippen molar-refractivity contribution in [1.82, 2.24) is 9.78 Å². The van der Waals surface area contributed by atoms with Crippen LogP contribution in [-0.4, -0.2) is 15.7 Å². The predicted molar refractivity (Wildman–Crippen MR) is 108 cm³/mol. The summed E-state index contributed by atoms with van der Waals surface area (Å²) in [6, 6.07) is 16.7. The molecule has 0 saturated heterocycles. The van der Waals surface area contributed by atoms with Gasteiger partial charge in [-0.3, -0.25) is 9.59 Å². The molecule has 1 amide bonds. The highest BCUT2D eigenvalue weighted by Gasteiger charge is 2.06. The van der Waals surface area contributed by atoms with Gasteiger partial charge < -0.3 is 5.32 Å². The van der Waals surface area contributed by atoms with Gasteiger partial charge in [0.2, 0.25) is 5.91 Å². The molecule has 0 bridgehead atoms. The molecule has 144 valence electrons. The van der Waals surface area contributed by atoms with Gasteiger partial charge in [-0.2, -0.15) is 5.10 Å². The van der Waals surface area contributed by atoms with Crippen LogP contribution in [0, 0.1) is 5.82 Å². The number of aromatic nitrogens is 2. The molecular weight excluding hydrogens is 357 g/mol. The molecule has 0 radical (unpaired) electrons. The number of halogens is 1. The molecule has 28 heavy (non-hydrogen) atoms. The smallest absolute Gasteiger partial charge is 0.266 e. The van der Waals surface area contributed by atoms with Gasteiger partial charge >= 0.3 is 0 Å². The third kappa shape index (κ3) is 5.13. The van der Waals surface area contributed by atoms with Gasteiger partial charge in [-0.05, 0) is 60.9 Å². The van der Waals surface area contributed by atoms with Gasteiger partial charge in [0.1, 0.15) is 5.82 Å². The number of rotatable bonds is 7. The molecule has 3 rings (SSSR count). The van der Waals surface area contributed by atoms with E-state index in [0.717, 1.165) is 17.7 Å². The van der Waals surface area contributed by atoms with Gasteiger partial charge in [0.05, 0.1) is 5.69 Å². The number of hydrogen-bond donors (Lipinski definition) is 1. The zero-order valence-corrected chi connectivity index (χ0v) is 15.7. The molecule has 3 aromatic rings. The number of carbonyl (C=O) groups is 1. The van der Waals surface area contributed by atoms with Gasteiger partial charge in [-0.1, -0.05) is 19.1 Å². The lowest BCUT2D eigenvalue weighted by Gasteiger charge is -2.08. The molecule has 0 aliphatic heterocycles. The minimum Gasteiger partial charge on any atom is -0.326 e. The molecular formula is C22H22FN3O2. The molecule has 0 atom stereocenters. The number of amides is 1. The Balaban J connectivity index is 1.57. The predicted octanol–water partition coefficient (Wildman–Crippen LogP) is 4.03. The Morgan fingerprint density at radius 1 is 1.04 bits per heavy atom. The largest absolute Gasteiger partial charge is 0.326 e. The van der Waals surface area contributed by atoms with Crippen LogP contribution in [-0.2, 0) is 17.8 Å². The fourth-order valence-corrected chi connectivity index (χ4v) is 2.82. The fraction of sp³-hybridized carbons (Fsp3) is 0.227. The molecule has 6 heteroatoms. The van der Waals surface area contributed by atoms with Crippen molar-refractivity contribution < 1.29 is 9.18 Å². The molecule has 0 aliphatic rings. The lowest BCUT2D eigenvalue weighted by Crippen LogP contribution is -2.23. The van der Waals surface area contributed by atoms with Crippen LogP contribution in [0.15, 0.2) is 65.5 Å². The van der Waals surface area contributed by atoms with Crippen LogP contribution in [0.5, 0.6) is 0 Å². The maximum absolute atomic E-state index is 13.1. The van der Waals surface area contributed by atoms with Crippen LogP contribution >= 0.6 is 0 Å². The molecule has 1 N–H and O–H groups in total. The third-order valence-corrected chi connectivity index (χ3v) is 4.43. The van der Waals surface area contributed by atoms with Crippen molar-refractivity contribution in [3.05, 3.63) is 82.4 Å². The molecule has 1 aromatic heterocycles. The van der Waals surface area contributed by atoms with E-state index in [1.165, 1.54) is 28.4 Å². The van der Waals surface area contributed by atoms with Crippen molar-refractivity contribution in [2.45, 2.75) is 32.7 Å². The van der Waals surface area contributed by atoms with E-state index >= 15 is 0 Å². The molecule has 0 unspecified atom stereocenters. The summed E-state index contributed by atoms with van der Waals surface area (Å²) in [6.07, 6.45) is 1.72. The average Bonchev–Trinajstić information content (AvgIpc) is 2.70. The van der Waals surface area contributed by atoms with Gasteiger partial charge in [0.25, 0.3) is 5.56 Å². The molecule has 2 aromatic carbocycles. The number of carbonyl (C=O) groups excluding carboxylic acids is 1. The maximum atomic E-state index is 13.1. The van der Waals surface area contributed by atoms with Gasteiger partial charge in [-0.25, -0.2) is 9.07 Å². The zero-order chi connectivity index (χ0) is 19.9. The number of hydrogen-bond acceptors (Lipinski definition) is 3. The van der Waals surface area contributed by atoms with E-state index in [1.807, 2.05) is 24.3 Å². The summed E-state index contributed by atoms with van der Waals surface area (Å²) in [5, 5.41) is 7.18. The summed E-state index contributed by atoms with van der Waals surface area (Å²) in [6.45, 7) is 2.41. The first-order chi connectivity index (χ1) is 13.5. The standard InChI is InChI=1S/C22H22FN3O2/c1-2-16-5-11-19(12-6-16)24-21(27)4-3-15-26-22(28)14-13-20(25-26)17-7-9-18(23)10-8-17/h5-14H,2-4,15H2,1H3,(H,24,27). The topological polar surface area (TPSA) is 64.0 Å². The second kappa shape index (κ2) is 9.08. The van der Waals surface area contributed by atoms with Crippen LogP contribution in [0.4, 0.5) is 10.1 Å². The van der Waals surface area contributed by atoms with E-state index < -0.39 is 0 Å². The number of aryl methyl sites for hydroxylation is 2. The van der Waals surface area contributed by atoms with E-state index in [9.17, 15) is 14.0 Å². The first-order valence-electron chi connectivity index (χ1n) is 9.28. The Bertz CT molecular complexity index is 996. The summed E-state index contributed by atoms with van der Waals surface area (Å²) < 4.78 is 14.4. The maximum Gasteiger partial charge on any atom is 0.266 e. The van der Waals surface area contributed by atoms with Crippen LogP contribution in [0.3, 0.4) is 0 Å². The van der Waals surface area contributed by atoms with Crippen molar-refractivity contribution in [3.63, 3.8) is 0 Å². The zero-order valence-electron chi connectivity index (χ0n) is 15.7. The molecule has 0 aliphatic carbocycles. The van der Waals surface area contributed by atoms with Crippen molar-refractivity contribution in [1.29, 1.82) is 0 Å². The Kier molecular flexibility index (Phi) is 6.32. The van der Waals surface area contributed by atoms with Crippen LogP contribution in [0.25, 0.3) is 11.3 Å². The Hall–Kier alpha value is -3.28. The molecule has 5 nitrogen and oxygen atoms in total. The number of anilines is 1. The quantitative estimate of drug-likeness (QED) is 0.674. The summed E-state index contributed by atoms with van der Waals surface area (Å²) in [5.74, 6) is -0.431. The SMILES string of the molecule is CCc1ccc(NC(=O)CCCn2nc(-c3ccc(F)cc3)ccc2=O)cc1. The van der Waals surface area contributed by atoms with Gasteiger partial charge in [0.15, 0.2) is 0 Å². The summed E-state index contributed by atoms with van der Waals surface area (Å²) in [5.41, 5.74) is 3.05. The van der Waals surface area contributed by atoms with Gasteiger partial charge in [0, 0.05) is 30.3 Å². The highest BCUT2D eigenvalue weighted by atomic mass is 19.1. The lowest BCUT2D eigenvalue weighted by atomic mass is 10.1. The summed E-state index contributed by atoms with van der Waals surface area (Å²) >= 11 is 0. The molecule has 0 spiro atoms. The van der Waals surface area contributed by atoms with Crippen molar-refractivity contribution >= 4 is 11.6 Å². The highest BCUT2D eigenvalue weighted by Crippen LogP contribution is 2.16. The van der Waals surface area contributed by atoms with E-state index in [4.69, 9.17) is 0 Å². The number of nitrogens with one attached hydrogen (secondary N) is 1. The van der Waals surface area contributed by atoms with E-state index in [1.54, 1.807) is 18.2 Å².